The molecule has 0 aliphatic rings. The summed E-state index contributed by atoms with van der Waals surface area (Å²) in [6.07, 6.45) is 7.65. The van der Waals surface area contributed by atoms with Crippen LogP contribution in [-0.4, -0.2) is 48.5 Å². The van der Waals surface area contributed by atoms with Gasteiger partial charge in [-0.1, -0.05) is 0 Å². The lowest BCUT2D eigenvalue weighted by molar-refractivity contribution is -0.114. The van der Waals surface area contributed by atoms with Crippen LogP contribution >= 0.6 is 35.7 Å². The summed E-state index contributed by atoms with van der Waals surface area (Å²) < 4.78 is 0. The lowest BCUT2D eigenvalue weighted by atomic mass is 10.3. The Morgan fingerprint density at radius 3 is 2.83 bits per heavy atom. The first-order chi connectivity index (χ1) is 10.8. The van der Waals surface area contributed by atoms with Gasteiger partial charge < -0.3 is 16.0 Å². The first-order valence-electron chi connectivity index (χ1n) is 7.47. The number of unbranched alkanes of at least 4 members (excludes halogenated alkanes) is 1. The SMILES string of the molecule is CCNC(=NCC(=O)Nc1cccnc1)NCCCCSC.I. The molecule has 8 heteroatoms. The molecule has 0 aliphatic carbocycles. The highest BCUT2D eigenvalue weighted by atomic mass is 127. The van der Waals surface area contributed by atoms with E-state index in [4.69, 9.17) is 0 Å². The molecular weight excluding hydrogens is 425 g/mol. The summed E-state index contributed by atoms with van der Waals surface area (Å²) in [7, 11) is 0. The lowest BCUT2D eigenvalue weighted by Crippen LogP contribution is -2.38. The maximum atomic E-state index is 11.8. The quantitative estimate of drug-likeness (QED) is 0.233. The zero-order valence-electron chi connectivity index (χ0n) is 13.7. The Bertz CT molecular complexity index is 458. The molecular formula is C15H26IN5OS. The van der Waals surface area contributed by atoms with Crippen LogP contribution in [0, 0.1) is 0 Å². The molecule has 1 aromatic heterocycles. The summed E-state index contributed by atoms with van der Waals surface area (Å²) in [5, 5.41) is 9.13. The number of aliphatic imine (C=N–C) groups is 1. The van der Waals surface area contributed by atoms with Crippen LogP contribution in [0.15, 0.2) is 29.5 Å². The normalized spacial score (nSPS) is 10.6. The van der Waals surface area contributed by atoms with Crippen molar-refractivity contribution in [1.82, 2.24) is 15.6 Å². The van der Waals surface area contributed by atoms with Crippen LogP contribution in [0.2, 0.25) is 0 Å². The molecule has 0 unspecified atom stereocenters. The third-order valence-corrected chi connectivity index (χ3v) is 3.43. The van der Waals surface area contributed by atoms with E-state index in [0.29, 0.717) is 11.6 Å². The fraction of sp³-hybridized carbons (Fsp3) is 0.533. The van der Waals surface area contributed by atoms with Crippen molar-refractivity contribution in [1.29, 1.82) is 0 Å². The Balaban J connectivity index is 0.00000484. The van der Waals surface area contributed by atoms with Gasteiger partial charge in [0.15, 0.2) is 5.96 Å². The van der Waals surface area contributed by atoms with Crippen molar-refractivity contribution in [2.24, 2.45) is 4.99 Å². The van der Waals surface area contributed by atoms with Crippen molar-refractivity contribution in [3.63, 3.8) is 0 Å². The molecule has 0 spiro atoms. The zero-order valence-corrected chi connectivity index (χ0v) is 16.8. The molecule has 1 amide bonds. The maximum Gasteiger partial charge on any atom is 0.246 e. The molecule has 0 saturated heterocycles. The predicted molar refractivity (Wildman–Crippen MR) is 110 cm³/mol. The number of pyridine rings is 1. The van der Waals surface area contributed by atoms with Gasteiger partial charge in [0, 0.05) is 19.3 Å². The van der Waals surface area contributed by atoms with Crippen LogP contribution in [0.25, 0.3) is 0 Å². The highest BCUT2D eigenvalue weighted by molar-refractivity contribution is 14.0. The van der Waals surface area contributed by atoms with Gasteiger partial charge in [0.1, 0.15) is 6.54 Å². The van der Waals surface area contributed by atoms with Crippen LogP contribution in [0.5, 0.6) is 0 Å². The molecule has 0 atom stereocenters. The van der Waals surface area contributed by atoms with Crippen molar-refractivity contribution in [2.75, 3.05) is 37.0 Å². The molecule has 0 fully saturated rings. The Labute approximate surface area is 159 Å². The monoisotopic (exact) mass is 451 g/mol. The Hall–Kier alpha value is -1.03. The summed E-state index contributed by atoms with van der Waals surface area (Å²) in [6.45, 7) is 3.70. The van der Waals surface area contributed by atoms with Crippen LogP contribution in [-0.2, 0) is 4.79 Å². The van der Waals surface area contributed by atoms with E-state index in [1.165, 1.54) is 12.2 Å². The van der Waals surface area contributed by atoms with Gasteiger partial charge in [0.25, 0.3) is 0 Å². The van der Waals surface area contributed by atoms with E-state index in [1.807, 2.05) is 18.7 Å². The molecule has 0 aliphatic heterocycles. The molecule has 0 aromatic carbocycles. The Kier molecular flexibility index (Phi) is 13.9. The zero-order chi connectivity index (χ0) is 16.0. The second-order valence-corrected chi connectivity index (χ2v) is 5.60. The van der Waals surface area contributed by atoms with E-state index >= 15 is 0 Å². The van der Waals surface area contributed by atoms with Gasteiger partial charge >= 0.3 is 0 Å². The summed E-state index contributed by atoms with van der Waals surface area (Å²) >= 11 is 1.85. The Morgan fingerprint density at radius 1 is 1.35 bits per heavy atom. The molecule has 1 heterocycles. The minimum Gasteiger partial charge on any atom is -0.357 e. The van der Waals surface area contributed by atoms with Gasteiger partial charge in [-0.15, -0.1) is 24.0 Å². The summed E-state index contributed by atoms with van der Waals surface area (Å²) in [4.78, 5) is 20.1. The fourth-order valence-corrected chi connectivity index (χ4v) is 2.20. The van der Waals surface area contributed by atoms with E-state index in [0.717, 1.165) is 19.5 Å². The largest absolute Gasteiger partial charge is 0.357 e. The van der Waals surface area contributed by atoms with Crippen molar-refractivity contribution in [3.05, 3.63) is 24.5 Å². The number of amides is 1. The van der Waals surface area contributed by atoms with Crippen LogP contribution in [0.1, 0.15) is 19.8 Å². The molecule has 0 bridgehead atoms. The number of rotatable bonds is 9. The Morgan fingerprint density at radius 2 is 2.17 bits per heavy atom. The third-order valence-electron chi connectivity index (χ3n) is 2.74. The minimum atomic E-state index is -0.160. The van der Waals surface area contributed by atoms with Crippen LogP contribution in [0.3, 0.4) is 0 Å². The van der Waals surface area contributed by atoms with Gasteiger partial charge in [0.2, 0.25) is 5.91 Å². The first kappa shape index (κ1) is 22.0. The second kappa shape index (κ2) is 14.6. The van der Waals surface area contributed by atoms with E-state index in [2.05, 4.69) is 32.2 Å². The number of hydrogen-bond acceptors (Lipinski definition) is 4. The number of anilines is 1. The smallest absolute Gasteiger partial charge is 0.246 e. The van der Waals surface area contributed by atoms with Gasteiger partial charge in [0.05, 0.1) is 11.9 Å². The molecule has 6 nitrogen and oxygen atoms in total. The summed E-state index contributed by atoms with van der Waals surface area (Å²) in [6, 6.07) is 3.57. The molecule has 1 rings (SSSR count). The molecule has 1 aromatic rings. The van der Waals surface area contributed by atoms with E-state index in [1.54, 1.807) is 24.5 Å². The number of nitrogens with one attached hydrogen (secondary N) is 3. The molecule has 0 radical (unpaired) electrons. The number of hydrogen-bond donors (Lipinski definition) is 3. The highest BCUT2D eigenvalue weighted by Crippen LogP contribution is 2.02. The van der Waals surface area contributed by atoms with Crippen molar-refractivity contribution < 1.29 is 4.79 Å². The van der Waals surface area contributed by atoms with Crippen molar-refractivity contribution in [2.45, 2.75) is 19.8 Å². The predicted octanol–water partition coefficient (Wildman–Crippen LogP) is 2.34. The van der Waals surface area contributed by atoms with Gasteiger partial charge in [-0.05, 0) is 43.9 Å². The lowest BCUT2D eigenvalue weighted by Gasteiger charge is -2.11. The molecule has 0 saturated carbocycles. The van der Waals surface area contributed by atoms with Crippen molar-refractivity contribution >= 4 is 53.3 Å². The average Bonchev–Trinajstić information content (AvgIpc) is 2.53. The van der Waals surface area contributed by atoms with Gasteiger partial charge in [-0.25, -0.2) is 4.99 Å². The molecule has 3 N–H and O–H groups in total. The topological polar surface area (TPSA) is 78.4 Å². The number of halogens is 1. The summed E-state index contributed by atoms with van der Waals surface area (Å²) in [5.41, 5.74) is 0.678. The molecule has 130 valence electrons. The number of carbonyl (C=O) groups is 1. The number of nitrogens with zero attached hydrogens (tertiary/aromatic N) is 2. The standard InChI is InChI=1S/C15H25N5OS.HI/c1-3-17-15(18-9-4-5-10-22-2)19-12-14(21)20-13-7-6-8-16-11-13;/h6-8,11H,3-5,9-10,12H2,1-2H3,(H,20,21)(H2,17,18,19);1H. The average molecular weight is 451 g/mol. The number of aromatic nitrogens is 1. The summed E-state index contributed by atoms with van der Waals surface area (Å²) in [5.74, 6) is 1.68. The minimum absolute atomic E-state index is 0. The third kappa shape index (κ3) is 11.2. The van der Waals surface area contributed by atoms with Crippen LogP contribution < -0.4 is 16.0 Å². The highest BCUT2D eigenvalue weighted by Gasteiger charge is 2.02. The van der Waals surface area contributed by atoms with Crippen molar-refractivity contribution in [3.8, 4) is 0 Å². The van der Waals surface area contributed by atoms with E-state index < -0.39 is 0 Å². The van der Waals surface area contributed by atoms with Gasteiger partial charge in [-0.2, -0.15) is 11.8 Å². The number of thioether (sulfide) groups is 1. The van der Waals surface area contributed by atoms with Crippen LogP contribution in [0.4, 0.5) is 5.69 Å². The fourth-order valence-electron chi connectivity index (χ4n) is 1.71. The second-order valence-electron chi connectivity index (χ2n) is 4.61. The molecule has 23 heavy (non-hydrogen) atoms. The number of guanidine groups is 1. The first-order valence-corrected chi connectivity index (χ1v) is 8.86. The van der Waals surface area contributed by atoms with Gasteiger partial charge in [-0.3, -0.25) is 9.78 Å². The maximum absolute atomic E-state index is 11.8. The number of carbonyl (C=O) groups excluding carboxylic acids is 1. The van der Waals surface area contributed by atoms with E-state index in [9.17, 15) is 4.79 Å². The van der Waals surface area contributed by atoms with E-state index in [-0.39, 0.29) is 36.4 Å².